The number of hydrazone groups is 1. The highest BCUT2D eigenvalue weighted by Crippen LogP contribution is 2.15. The van der Waals surface area contributed by atoms with Crippen molar-refractivity contribution in [2.24, 2.45) is 5.10 Å². The van der Waals surface area contributed by atoms with E-state index in [0.29, 0.717) is 16.2 Å². The molecule has 0 atom stereocenters. The maximum Gasteiger partial charge on any atom is 0.343 e. The average molecular weight is 429 g/mol. The lowest BCUT2D eigenvalue weighted by Gasteiger charge is -2.04. The highest BCUT2D eigenvalue weighted by atomic mass is 79.9. The fraction of sp³-hybridized carbons (Fsp3) is 0. The molecule has 0 radical (unpaired) electrons. The number of esters is 1. The lowest BCUT2D eigenvalue weighted by atomic mass is 10.2. The zero-order valence-corrected chi connectivity index (χ0v) is 15.8. The van der Waals surface area contributed by atoms with Crippen molar-refractivity contribution in [3.8, 4) is 5.75 Å². The molecule has 0 aliphatic rings. The number of thiophene rings is 1. The van der Waals surface area contributed by atoms with Crippen molar-refractivity contribution in [3.05, 3.63) is 86.5 Å². The third-order valence-electron chi connectivity index (χ3n) is 3.30. The second-order valence-electron chi connectivity index (χ2n) is 5.14. The van der Waals surface area contributed by atoms with Gasteiger partial charge in [0.1, 0.15) is 5.75 Å². The van der Waals surface area contributed by atoms with Crippen LogP contribution in [0.5, 0.6) is 5.75 Å². The van der Waals surface area contributed by atoms with Gasteiger partial charge in [0.05, 0.1) is 16.7 Å². The summed E-state index contributed by atoms with van der Waals surface area (Å²) >= 11 is 4.67. The Hall–Kier alpha value is -2.77. The molecule has 5 nitrogen and oxygen atoms in total. The lowest BCUT2D eigenvalue weighted by molar-refractivity contribution is 0.0734. The summed E-state index contributed by atoms with van der Waals surface area (Å²) in [7, 11) is 0. The van der Waals surface area contributed by atoms with E-state index < -0.39 is 5.97 Å². The molecule has 0 saturated carbocycles. The average Bonchev–Trinajstić information content (AvgIpc) is 3.18. The number of ether oxygens (including phenoxy) is 1. The van der Waals surface area contributed by atoms with Gasteiger partial charge in [0.15, 0.2) is 0 Å². The Bertz CT molecular complexity index is 920. The Kier molecular flexibility index (Phi) is 5.93. The molecule has 2 aromatic carbocycles. The van der Waals surface area contributed by atoms with Gasteiger partial charge < -0.3 is 4.74 Å². The molecule has 26 heavy (non-hydrogen) atoms. The van der Waals surface area contributed by atoms with E-state index in [4.69, 9.17) is 4.74 Å². The van der Waals surface area contributed by atoms with Crippen molar-refractivity contribution in [2.75, 3.05) is 0 Å². The van der Waals surface area contributed by atoms with E-state index in [1.807, 2.05) is 5.38 Å². The molecule has 0 aliphatic carbocycles. The fourth-order valence-electron chi connectivity index (χ4n) is 2.00. The molecule has 0 unspecified atom stereocenters. The summed E-state index contributed by atoms with van der Waals surface area (Å²) in [6.07, 6.45) is 1.52. The summed E-state index contributed by atoms with van der Waals surface area (Å²) < 4.78 is 6.21. The first-order valence-corrected chi connectivity index (χ1v) is 9.24. The monoisotopic (exact) mass is 428 g/mol. The van der Waals surface area contributed by atoms with E-state index in [9.17, 15) is 9.59 Å². The zero-order chi connectivity index (χ0) is 18.4. The van der Waals surface area contributed by atoms with E-state index >= 15 is 0 Å². The van der Waals surface area contributed by atoms with Crippen molar-refractivity contribution in [1.29, 1.82) is 0 Å². The van der Waals surface area contributed by atoms with Crippen LogP contribution in [-0.2, 0) is 0 Å². The van der Waals surface area contributed by atoms with Crippen LogP contribution in [-0.4, -0.2) is 18.1 Å². The minimum absolute atomic E-state index is 0.253. The van der Waals surface area contributed by atoms with Gasteiger partial charge in [0, 0.05) is 4.47 Å². The van der Waals surface area contributed by atoms with Crippen LogP contribution in [0.1, 0.15) is 25.6 Å². The standard InChI is InChI=1S/C19H13BrN2O3S/c20-15-7-5-14(6-8-15)19(24)25-16-9-3-13(4-10-16)12-21-22-18(23)17-2-1-11-26-17/h1-12H,(H,22,23). The van der Waals surface area contributed by atoms with Crippen LogP contribution in [0.2, 0.25) is 0 Å². The summed E-state index contributed by atoms with van der Waals surface area (Å²) in [6.45, 7) is 0. The molecule has 130 valence electrons. The fourth-order valence-corrected chi connectivity index (χ4v) is 2.88. The number of rotatable bonds is 5. The molecule has 7 heteroatoms. The predicted molar refractivity (Wildman–Crippen MR) is 105 cm³/mol. The second-order valence-corrected chi connectivity index (χ2v) is 7.01. The highest BCUT2D eigenvalue weighted by molar-refractivity contribution is 9.10. The number of hydrogen-bond donors (Lipinski definition) is 1. The van der Waals surface area contributed by atoms with E-state index in [1.165, 1.54) is 17.6 Å². The van der Waals surface area contributed by atoms with Crippen molar-refractivity contribution in [1.82, 2.24) is 5.43 Å². The number of benzene rings is 2. The summed E-state index contributed by atoms with van der Waals surface area (Å²) in [5.41, 5.74) is 3.69. The van der Waals surface area contributed by atoms with Crippen LogP contribution in [0.3, 0.4) is 0 Å². The topological polar surface area (TPSA) is 67.8 Å². The molecule has 0 spiro atoms. The molecule has 3 rings (SSSR count). The molecule has 1 amide bonds. The van der Waals surface area contributed by atoms with Crippen LogP contribution < -0.4 is 10.2 Å². The Morgan fingerprint density at radius 2 is 1.77 bits per heavy atom. The van der Waals surface area contributed by atoms with Crippen LogP contribution in [0.4, 0.5) is 0 Å². The second kappa shape index (κ2) is 8.55. The van der Waals surface area contributed by atoms with Gasteiger partial charge in [-0.1, -0.05) is 22.0 Å². The first kappa shape index (κ1) is 18.0. The van der Waals surface area contributed by atoms with Gasteiger partial charge >= 0.3 is 5.97 Å². The first-order chi connectivity index (χ1) is 12.6. The van der Waals surface area contributed by atoms with Crippen molar-refractivity contribution >= 4 is 45.4 Å². The van der Waals surface area contributed by atoms with Crippen LogP contribution in [0.25, 0.3) is 0 Å². The van der Waals surface area contributed by atoms with Crippen LogP contribution in [0, 0.1) is 0 Å². The zero-order valence-electron chi connectivity index (χ0n) is 13.4. The Morgan fingerprint density at radius 3 is 2.42 bits per heavy atom. The van der Waals surface area contributed by atoms with Gasteiger partial charge in [0.25, 0.3) is 5.91 Å². The molecule has 3 aromatic rings. The van der Waals surface area contributed by atoms with Crippen molar-refractivity contribution in [2.45, 2.75) is 0 Å². The first-order valence-electron chi connectivity index (χ1n) is 7.56. The molecule has 1 aromatic heterocycles. The third-order valence-corrected chi connectivity index (χ3v) is 4.69. The summed E-state index contributed by atoms with van der Waals surface area (Å²) in [5, 5.41) is 5.74. The van der Waals surface area contributed by atoms with Gasteiger partial charge in [0.2, 0.25) is 0 Å². The maximum absolute atomic E-state index is 12.1. The van der Waals surface area contributed by atoms with E-state index in [2.05, 4.69) is 26.5 Å². The summed E-state index contributed by atoms with van der Waals surface area (Å²) in [4.78, 5) is 24.4. The number of hydrogen-bond acceptors (Lipinski definition) is 5. The lowest BCUT2D eigenvalue weighted by Crippen LogP contribution is -2.16. The number of nitrogens with zero attached hydrogens (tertiary/aromatic N) is 1. The number of amides is 1. The van der Waals surface area contributed by atoms with Crippen molar-refractivity contribution < 1.29 is 14.3 Å². The minimum atomic E-state index is -0.429. The highest BCUT2D eigenvalue weighted by Gasteiger charge is 2.08. The molecular weight excluding hydrogens is 416 g/mol. The largest absolute Gasteiger partial charge is 0.423 e. The van der Waals surface area contributed by atoms with E-state index in [0.717, 1.165) is 10.0 Å². The Balaban J connectivity index is 1.56. The molecule has 1 N–H and O–H groups in total. The van der Waals surface area contributed by atoms with Gasteiger partial charge in [-0.25, -0.2) is 10.2 Å². The molecule has 0 aliphatic heterocycles. The molecular formula is C19H13BrN2O3S. The van der Waals surface area contributed by atoms with Gasteiger partial charge in [-0.05, 0) is 65.5 Å². The number of carbonyl (C=O) groups is 2. The third kappa shape index (κ3) is 4.87. The SMILES string of the molecule is O=C(Oc1ccc(C=NNC(=O)c2cccs2)cc1)c1ccc(Br)cc1. The number of nitrogens with one attached hydrogen (secondary N) is 1. The van der Waals surface area contributed by atoms with E-state index in [1.54, 1.807) is 60.7 Å². The Morgan fingerprint density at radius 1 is 1.04 bits per heavy atom. The minimum Gasteiger partial charge on any atom is -0.423 e. The van der Waals surface area contributed by atoms with Gasteiger partial charge in [-0.15, -0.1) is 11.3 Å². The van der Waals surface area contributed by atoms with Crippen molar-refractivity contribution in [3.63, 3.8) is 0 Å². The molecule has 0 fully saturated rings. The van der Waals surface area contributed by atoms with Gasteiger partial charge in [-0.2, -0.15) is 5.10 Å². The maximum atomic E-state index is 12.1. The van der Waals surface area contributed by atoms with E-state index in [-0.39, 0.29) is 5.91 Å². The molecule has 0 bridgehead atoms. The molecule has 0 saturated heterocycles. The molecule has 1 heterocycles. The van der Waals surface area contributed by atoms with Gasteiger partial charge in [-0.3, -0.25) is 4.79 Å². The number of halogens is 1. The Labute approximate surface area is 162 Å². The van der Waals surface area contributed by atoms with Crippen LogP contribution in [0.15, 0.2) is 75.6 Å². The predicted octanol–water partition coefficient (Wildman–Crippen LogP) is 4.49. The number of carbonyl (C=O) groups excluding carboxylic acids is 2. The van der Waals surface area contributed by atoms with Crippen LogP contribution >= 0.6 is 27.3 Å². The smallest absolute Gasteiger partial charge is 0.343 e. The summed E-state index contributed by atoms with van der Waals surface area (Å²) in [5.74, 6) is -0.254. The quantitative estimate of drug-likeness (QED) is 0.281. The normalized spacial score (nSPS) is 10.7. The summed E-state index contributed by atoms with van der Waals surface area (Å²) in [6, 6.07) is 17.3.